The monoisotopic (exact) mass is 242 g/mol. The molecule has 2 rings (SSSR count). The van der Waals surface area contributed by atoms with E-state index in [4.69, 9.17) is 9.84 Å². The van der Waals surface area contributed by atoms with Crippen molar-refractivity contribution in [1.82, 2.24) is 0 Å². The highest BCUT2D eigenvalue weighted by molar-refractivity contribution is 5.23. The topological polar surface area (TPSA) is 69.9 Å². The van der Waals surface area contributed by atoms with Crippen LogP contribution in [-0.4, -0.2) is 46.8 Å². The van der Waals surface area contributed by atoms with Gasteiger partial charge in [-0.05, 0) is 17.7 Å². The Morgan fingerprint density at radius 1 is 1.18 bits per heavy atom. The minimum Gasteiger partial charge on any atom is -0.394 e. The van der Waals surface area contributed by atoms with Crippen molar-refractivity contribution >= 4 is 0 Å². The molecule has 1 heterocycles. The molecule has 1 aromatic rings. The Kier molecular flexibility index (Phi) is 3.73. The van der Waals surface area contributed by atoms with Crippen LogP contribution in [0, 0.1) is 5.82 Å². The minimum atomic E-state index is -1.14. The van der Waals surface area contributed by atoms with Crippen LogP contribution in [0.25, 0.3) is 0 Å². The smallest absolute Gasteiger partial charge is 0.123 e. The maximum atomic E-state index is 12.8. The Morgan fingerprint density at radius 2 is 1.82 bits per heavy atom. The first-order valence-corrected chi connectivity index (χ1v) is 5.47. The molecule has 5 heteroatoms. The van der Waals surface area contributed by atoms with E-state index < -0.39 is 24.2 Å². The molecule has 1 fully saturated rings. The molecule has 1 aliphatic rings. The van der Waals surface area contributed by atoms with Crippen molar-refractivity contribution in [3.05, 3.63) is 35.6 Å². The van der Waals surface area contributed by atoms with Gasteiger partial charge in [0.2, 0.25) is 0 Å². The molecule has 3 N–H and O–H groups in total. The summed E-state index contributed by atoms with van der Waals surface area (Å²) in [5.74, 6) is -0.762. The number of rotatable bonds is 2. The SMILES string of the molecule is OC[C@H]1OC[C@H](c2ccc(F)cc2)[C@@H](O)[C@H]1O. The number of hydrogen-bond donors (Lipinski definition) is 3. The third-order valence-electron chi connectivity index (χ3n) is 3.11. The second kappa shape index (κ2) is 5.10. The Bertz CT molecular complexity index is 367. The zero-order chi connectivity index (χ0) is 12.4. The van der Waals surface area contributed by atoms with Crippen LogP contribution in [0.3, 0.4) is 0 Å². The van der Waals surface area contributed by atoms with Gasteiger partial charge in [0, 0.05) is 5.92 Å². The van der Waals surface area contributed by atoms with E-state index >= 15 is 0 Å². The molecular formula is C12H15FO4. The molecule has 4 atom stereocenters. The highest BCUT2D eigenvalue weighted by atomic mass is 19.1. The highest BCUT2D eigenvalue weighted by Gasteiger charge is 2.38. The second-order valence-electron chi connectivity index (χ2n) is 4.19. The van der Waals surface area contributed by atoms with Gasteiger partial charge in [0.25, 0.3) is 0 Å². The number of aliphatic hydroxyl groups is 3. The highest BCUT2D eigenvalue weighted by Crippen LogP contribution is 2.29. The Balaban J connectivity index is 2.15. The van der Waals surface area contributed by atoms with Crippen LogP contribution in [0.5, 0.6) is 0 Å². The Hall–Kier alpha value is -1.01. The van der Waals surface area contributed by atoms with E-state index in [1.54, 1.807) is 12.1 Å². The van der Waals surface area contributed by atoms with Crippen LogP contribution in [0.2, 0.25) is 0 Å². The van der Waals surface area contributed by atoms with E-state index in [1.165, 1.54) is 12.1 Å². The van der Waals surface area contributed by atoms with Crippen molar-refractivity contribution in [2.45, 2.75) is 24.2 Å². The number of hydrogen-bond acceptors (Lipinski definition) is 4. The maximum Gasteiger partial charge on any atom is 0.123 e. The molecule has 0 saturated carbocycles. The van der Waals surface area contributed by atoms with E-state index in [2.05, 4.69) is 0 Å². The summed E-state index contributed by atoms with van der Waals surface area (Å²) in [6.07, 6.45) is -2.92. The fraction of sp³-hybridized carbons (Fsp3) is 0.500. The van der Waals surface area contributed by atoms with E-state index in [1.807, 2.05) is 0 Å². The van der Waals surface area contributed by atoms with Gasteiger partial charge in [-0.2, -0.15) is 0 Å². The van der Waals surface area contributed by atoms with Gasteiger partial charge in [-0.1, -0.05) is 12.1 Å². The summed E-state index contributed by atoms with van der Waals surface area (Å²) in [7, 11) is 0. The molecule has 0 radical (unpaired) electrons. The lowest BCUT2D eigenvalue weighted by atomic mass is 9.87. The maximum absolute atomic E-state index is 12.8. The van der Waals surface area contributed by atoms with Gasteiger partial charge < -0.3 is 20.1 Å². The molecule has 4 nitrogen and oxygen atoms in total. The summed E-state index contributed by atoms with van der Waals surface area (Å²) in [4.78, 5) is 0. The van der Waals surface area contributed by atoms with Crippen molar-refractivity contribution < 1.29 is 24.4 Å². The standard InChI is InChI=1S/C12H15FO4/c13-8-3-1-7(2-4-8)9-6-17-10(5-14)12(16)11(9)15/h1-4,9-12,14-16H,5-6H2/t9-,10-,11-,12+/m1/s1. The van der Waals surface area contributed by atoms with Crippen LogP contribution in [0.4, 0.5) is 4.39 Å². The fourth-order valence-corrected chi connectivity index (χ4v) is 2.05. The molecule has 17 heavy (non-hydrogen) atoms. The van der Waals surface area contributed by atoms with Gasteiger partial charge in [0.15, 0.2) is 0 Å². The fourth-order valence-electron chi connectivity index (χ4n) is 2.05. The molecule has 0 unspecified atom stereocenters. The summed E-state index contributed by atoms with van der Waals surface area (Å²) in [5.41, 5.74) is 0.703. The van der Waals surface area contributed by atoms with E-state index in [0.29, 0.717) is 5.56 Å². The number of halogens is 1. The van der Waals surface area contributed by atoms with E-state index in [-0.39, 0.29) is 19.0 Å². The van der Waals surface area contributed by atoms with Crippen molar-refractivity contribution in [3.63, 3.8) is 0 Å². The Morgan fingerprint density at radius 3 is 2.41 bits per heavy atom. The van der Waals surface area contributed by atoms with Crippen molar-refractivity contribution in [2.24, 2.45) is 0 Å². The summed E-state index contributed by atoms with van der Waals surface area (Å²) >= 11 is 0. The van der Waals surface area contributed by atoms with E-state index in [9.17, 15) is 14.6 Å². The van der Waals surface area contributed by atoms with Gasteiger partial charge >= 0.3 is 0 Å². The lowest BCUT2D eigenvalue weighted by Gasteiger charge is -2.37. The van der Waals surface area contributed by atoms with Gasteiger partial charge in [-0.25, -0.2) is 4.39 Å². The third kappa shape index (κ3) is 2.47. The molecule has 1 aliphatic heterocycles. The second-order valence-corrected chi connectivity index (χ2v) is 4.19. The third-order valence-corrected chi connectivity index (χ3v) is 3.11. The average molecular weight is 242 g/mol. The van der Waals surface area contributed by atoms with Crippen LogP contribution >= 0.6 is 0 Å². The van der Waals surface area contributed by atoms with Crippen LogP contribution < -0.4 is 0 Å². The Labute approximate surface area is 98.3 Å². The normalized spacial score (nSPS) is 33.6. The van der Waals surface area contributed by atoms with Gasteiger partial charge in [0.05, 0.1) is 19.3 Å². The predicted molar refractivity (Wildman–Crippen MR) is 58.0 cm³/mol. The molecular weight excluding hydrogens is 227 g/mol. The van der Waals surface area contributed by atoms with E-state index in [0.717, 1.165) is 0 Å². The van der Waals surface area contributed by atoms with Gasteiger partial charge in [-0.3, -0.25) is 0 Å². The minimum absolute atomic E-state index is 0.190. The molecule has 0 spiro atoms. The molecule has 0 aliphatic carbocycles. The average Bonchev–Trinajstić information content (AvgIpc) is 2.34. The first-order chi connectivity index (χ1) is 8.13. The quantitative estimate of drug-likeness (QED) is 0.684. The molecule has 1 saturated heterocycles. The summed E-state index contributed by atoms with van der Waals surface area (Å²) in [6.45, 7) is -0.149. The summed E-state index contributed by atoms with van der Waals surface area (Å²) < 4.78 is 18.0. The molecule has 0 aromatic heterocycles. The number of benzene rings is 1. The van der Waals surface area contributed by atoms with Crippen LogP contribution in [0.15, 0.2) is 24.3 Å². The lowest BCUT2D eigenvalue weighted by molar-refractivity contribution is -0.158. The van der Waals surface area contributed by atoms with Gasteiger partial charge in [0.1, 0.15) is 18.0 Å². The van der Waals surface area contributed by atoms with Crippen LogP contribution in [0.1, 0.15) is 11.5 Å². The summed E-state index contributed by atoms with van der Waals surface area (Å²) in [6, 6.07) is 5.70. The zero-order valence-electron chi connectivity index (χ0n) is 9.16. The van der Waals surface area contributed by atoms with Gasteiger partial charge in [-0.15, -0.1) is 0 Å². The first-order valence-electron chi connectivity index (χ1n) is 5.47. The lowest BCUT2D eigenvalue weighted by Crippen LogP contribution is -2.50. The first kappa shape index (κ1) is 12.4. The summed E-state index contributed by atoms with van der Waals surface area (Å²) in [5, 5.41) is 28.6. The number of aliphatic hydroxyl groups excluding tert-OH is 3. The zero-order valence-corrected chi connectivity index (χ0v) is 9.16. The molecule has 1 aromatic carbocycles. The number of ether oxygens (including phenoxy) is 1. The van der Waals surface area contributed by atoms with Crippen molar-refractivity contribution in [3.8, 4) is 0 Å². The predicted octanol–water partition coefficient (Wildman–Crippen LogP) is 0.0222. The molecule has 0 amide bonds. The van der Waals surface area contributed by atoms with Crippen LogP contribution in [-0.2, 0) is 4.74 Å². The van der Waals surface area contributed by atoms with Crippen molar-refractivity contribution in [2.75, 3.05) is 13.2 Å². The molecule has 0 bridgehead atoms. The molecule has 94 valence electrons. The largest absolute Gasteiger partial charge is 0.394 e. The van der Waals surface area contributed by atoms with Crippen molar-refractivity contribution in [1.29, 1.82) is 0 Å².